The number of methoxy groups -OCH3 is 1. The van der Waals surface area contributed by atoms with Crippen LogP contribution in [0.5, 0.6) is 5.75 Å². The standard InChI is InChI=1S/C11H11F3N4OS/c1-19-8-4-2-7(3-5-8)6-20-10-17-16-9(18(10)15)11(12,13)14/h2-5H,6,15H2,1H3. The number of nitrogen functional groups attached to an aromatic ring is 1. The molecule has 5 nitrogen and oxygen atoms in total. The fraction of sp³-hybridized carbons (Fsp3) is 0.273. The molecule has 20 heavy (non-hydrogen) atoms. The van der Waals surface area contributed by atoms with Gasteiger partial charge in [-0.25, -0.2) is 4.68 Å². The van der Waals surface area contributed by atoms with E-state index in [2.05, 4.69) is 10.2 Å². The Kier molecular flexibility index (Phi) is 4.07. The van der Waals surface area contributed by atoms with Gasteiger partial charge in [-0.1, -0.05) is 23.9 Å². The molecule has 2 rings (SSSR count). The molecule has 2 N–H and O–H groups in total. The minimum Gasteiger partial charge on any atom is -0.497 e. The monoisotopic (exact) mass is 304 g/mol. The van der Waals surface area contributed by atoms with Crippen molar-refractivity contribution in [3.63, 3.8) is 0 Å². The van der Waals surface area contributed by atoms with E-state index in [1.165, 1.54) is 0 Å². The molecule has 0 spiro atoms. The topological polar surface area (TPSA) is 66.0 Å². The summed E-state index contributed by atoms with van der Waals surface area (Å²) in [7, 11) is 1.55. The molecule has 0 aliphatic heterocycles. The lowest BCUT2D eigenvalue weighted by molar-refractivity contribution is -0.146. The molecule has 0 saturated heterocycles. The second kappa shape index (κ2) is 5.61. The van der Waals surface area contributed by atoms with E-state index in [-0.39, 0.29) is 5.16 Å². The predicted octanol–water partition coefficient (Wildman–Crippen LogP) is 2.31. The second-order valence-electron chi connectivity index (χ2n) is 3.81. The van der Waals surface area contributed by atoms with Gasteiger partial charge in [0.1, 0.15) is 5.75 Å². The van der Waals surface area contributed by atoms with Crippen LogP contribution in [-0.4, -0.2) is 22.0 Å². The first-order chi connectivity index (χ1) is 9.41. The molecule has 1 heterocycles. The fourth-order valence-electron chi connectivity index (χ4n) is 1.44. The smallest absolute Gasteiger partial charge is 0.453 e. The maximum Gasteiger partial charge on any atom is 0.453 e. The summed E-state index contributed by atoms with van der Waals surface area (Å²) in [5.74, 6) is 5.25. The van der Waals surface area contributed by atoms with Crippen molar-refractivity contribution in [1.82, 2.24) is 14.9 Å². The lowest BCUT2D eigenvalue weighted by Crippen LogP contribution is -2.21. The zero-order valence-electron chi connectivity index (χ0n) is 10.4. The van der Waals surface area contributed by atoms with Crippen LogP contribution in [0.4, 0.5) is 13.2 Å². The van der Waals surface area contributed by atoms with E-state index < -0.39 is 12.0 Å². The molecule has 0 fully saturated rings. The zero-order valence-corrected chi connectivity index (χ0v) is 11.2. The molecule has 0 amide bonds. The third-order valence-electron chi connectivity index (χ3n) is 2.45. The van der Waals surface area contributed by atoms with Gasteiger partial charge in [-0.15, -0.1) is 10.2 Å². The van der Waals surface area contributed by atoms with Crippen molar-refractivity contribution in [3.8, 4) is 5.75 Å². The largest absolute Gasteiger partial charge is 0.497 e. The van der Waals surface area contributed by atoms with Crippen molar-refractivity contribution < 1.29 is 17.9 Å². The maximum atomic E-state index is 12.5. The highest BCUT2D eigenvalue weighted by Gasteiger charge is 2.38. The third kappa shape index (κ3) is 3.16. The van der Waals surface area contributed by atoms with E-state index in [1.807, 2.05) is 12.1 Å². The lowest BCUT2D eigenvalue weighted by Gasteiger charge is -2.06. The Morgan fingerprint density at radius 3 is 2.40 bits per heavy atom. The lowest BCUT2D eigenvalue weighted by atomic mass is 10.2. The highest BCUT2D eigenvalue weighted by molar-refractivity contribution is 7.98. The molecular formula is C11H11F3N4OS. The Bertz CT molecular complexity index is 582. The van der Waals surface area contributed by atoms with Crippen LogP contribution in [0.25, 0.3) is 0 Å². The molecule has 1 aromatic carbocycles. The first-order valence-corrected chi connectivity index (χ1v) is 6.44. The summed E-state index contributed by atoms with van der Waals surface area (Å²) in [4.78, 5) is 0. The van der Waals surface area contributed by atoms with Gasteiger partial charge < -0.3 is 10.6 Å². The SMILES string of the molecule is COc1ccc(CSc2nnc(C(F)(F)F)n2N)cc1. The molecule has 108 valence electrons. The van der Waals surface area contributed by atoms with E-state index in [0.29, 0.717) is 16.2 Å². The Hall–Kier alpha value is -1.90. The maximum absolute atomic E-state index is 12.5. The van der Waals surface area contributed by atoms with Crippen LogP contribution in [0.1, 0.15) is 11.4 Å². The number of hydrogen-bond donors (Lipinski definition) is 1. The Morgan fingerprint density at radius 1 is 1.25 bits per heavy atom. The molecule has 9 heteroatoms. The summed E-state index contributed by atoms with van der Waals surface area (Å²) < 4.78 is 42.9. The molecular weight excluding hydrogens is 293 g/mol. The Morgan fingerprint density at radius 2 is 1.90 bits per heavy atom. The van der Waals surface area contributed by atoms with Crippen LogP contribution >= 0.6 is 11.8 Å². The van der Waals surface area contributed by atoms with E-state index in [9.17, 15) is 13.2 Å². The van der Waals surface area contributed by atoms with Crippen molar-refractivity contribution in [2.45, 2.75) is 17.1 Å². The molecule has 0 unspecified atom stereocenters. The number of benzene rings is 1. The van der Waals surface area contributed by atoms with Crippen molar-refractivity contribution >= 4 is 11.8 Å². The Labute approximate surface area is 116 Å². The third-order valence-corrected chi connectivity index (χ3v) is 3.46. The highest BCUT2D eigenvalue weighted by atomic mass is 32.2. The van der Waals surface area contributed by atoms with Crippen LogP contribution < -0.4 is 10.6 Å². The zero-order chi connectivity index (χ0) is 14.8. The van der Waals surface area contributed by atoms with Gasteiger partial charge in [-0.3, -0.25) is 0 Å². The van der Waals surface area contributed by atoms with Crippen LogP contribution in [0.15, 0.2) is 29.4 Å². The summed E-state index contributed by atoms with van der Waals surface area (Å²) in [6.07, 6.45) is -4.61. The van der Waals surface area contributed by atoms with Gasteiger partial charge in [0.25, 0.3) is 5.82 Å². The highest BCUT2D eigenvalue weighted by Crippen LogP contribution is 2.29. The van der Waals surface area contributed by atoms with Crippen LogP contribution in [0, 0.1) is 0 Å². The van der Waals surface area contributed by atoms with E-state index in [1.54, 1.807) is 19.2 Å². The number of rotatable bonds is 4. The number of halogens is 3. The molecule has 0 saturated carbocycles. The fourth-order valence-corrected chi connectivity index (χ4v) is 2.25. The summed E-state index contributed by atoms with van der Waals surface area (Å²) in [6, 6.07) is 7.16. The summed E-state index contributed by atoms with van der Waals surface area (Å²) in [5, 5.41) is 6.49. The Balaban J connectivity index is 2.05. The van der Waals surface area contributed by atoms with E-state index in [4.69, 9.17) is 10.6 Å². The van der Waals surface area contributed by atoms with Crippen LogP contribution in [-0.2, 0) is 11.9 Å². The molecule has 0 atom stereocenters. The van der Waals surface area contributed by atoms with Crippen molar-refractivity contribution in [2.75, 3.05) is 13.0 Å². The van der Waals surface area contributed by atoms with Gasteiger partial charge in [0.05, 0.1) is 7.11 Å². The average Bonchev–Trinajstić information content (AvgIpc) is 2.78. The number of nitrogens with zero attached hydrogens (tertiary/aromatic N) is 3. The van der Waals surface area contributed by atoms with Gasteiger partial charge in [0, 0.05) is 5.75 Å². The van der Waals surface area contributed by atoms with Crippen molar-refractivity contribution in [1.29, 1.82) is 0 Å². The van der Waals surface area contributed by atoms with Crippen LogP contribution in [0.2, 0.25) is 0 Å². The van der Waals surface area contributed by atoms with E-state index >= 15 is 0 Å². The number of thioether (sulfide) groups is 1. The number of alkyl halides is 3. The first-order valence-electron chi connectivity index (χ1n) is 5.45. The molecule has 1 aromatic heterocycles. The van der Waals surface area contributed by atoms with E-state index in [0.717, 1.165) is 17.3 Å². The summed E-state index contributed by atoms with van der Waals surface area (Å²) >= 11 is 1.07. The molecule has 2 aromatic rings. The minimum absolute atomic E-state index is 0.00754. The molecule has 0 aliphatic rings. The number of hydrogen-bond acceptors (Lipinski definition) is 5. The van der Waals surface area contributed by atoms with Gasteiger partial charge in [0.15, 0.2) is 0 Å². The average molecular weight is 304 g/mol. The van der Waals surface area contributed by atoms with Gasteiger partial charge >= 0.3 is 6.18 Å². The molecule has 0 aliphatic carbocycles. The van der Waals surface area contributed by atoms with Gasteiger partial charge in [-0.05, 0) is 17.7 Å². The van der Waals surface area contributed by atoms with Crippen LogP contribution in [0.3, 0.4) is 0 Å². The minimum atomic E-state index is -4.61. The quantitative estimate of drug-likeness (QED) is 0.693. The molecule has 0 radical (unpaired) electrons. The molecule has 0 bridgehead atoms. The number of aromatic nitrogens is 3. The number of ether oxygens (including phenoxy) is 1. The predicted molar refractivity (Wildman–Crippen MR) is 67.7 cm³/mol. The normalized spacial score (nSPS) is 11.6. The van der Waals surface area contributed by atoms with Crippen molar-refractivity contribution in [3.05, 3.63) is 35.7 Å². The summed E-state index contributed by atoms with van der Waals surface area (Å²) in [5.41, 5.74) is 0.910. The second-order valence-corrected chi connectivity index (χ2v) is 4.75. The van der Waals surface area contributed by atoms with Crippen molar-refractivity contribution in [2.24, 2.45) is 0 Å². The summed E-state index contributed by atoms with van der Waals surface area (Å²) in [6.45, 7) is 0. The van der Waals surface area contributed by atoms with Gasteiger partial charge in [0.2, 0.25) is 5.16 Å². The first kappa shape index (κ1) is 14.5. The number of nitrogens with two attached hydrogens (primary N) is 1. The van der Waals surface area contributed by atoms with Gasteiger partial charge in [-0.2, -0.15) is 13.2 Å².